The fourth-order valence-electron chi connectivity index (χ4n) is 4.02. The second kappa shape index (κ2) is 7.28. The molecule has 8 heteroatoms. The molecule has 1 aromatic carbocycles. The van der Waals surface area contributed by atoms with Gasteiger partial charge in [-0.15, -0.1) is 0 Å². The predicted octanol–water partition coefficient (Wildman–Crippen LogP) is 0.241. The van der Waals surface area contributed by atoms with Crippen molar-refractivity contribution in [2.75, 3.05) is 19.8 Å². The van der Waals surface area contributed by atoms with Gasteiger partial charge in [0.1, 0.15) is 24.6 Å². The molecular weight excluding hydrogens is 350 g/mol. The van der Waals surface area contributed by atoms with Gasteiger partial charge in [-0.2, -0.15) is 0 Å². The highest BCUT2D eigenvalue weighted by atomic mass is 16.5. The lowest BCUT2D eigenvalue weighted by molar-refractivity contribution is -0.156. The molecule has 3 aliphatic rings. The molecule has 2 N–H and O–H groups in total. The van der Waals surface area contributed by atoms with E-state index in [-0.39, 0.29) is 24.9 Å². The van der Waals surface area contributed by atoms with Crippen LogP contribution < -0.4 is 10.1 Å². The van der Waals surface area contributed by atoms with Crippen molar-refractivity contribution in [2.45, 2.75) is 44.4 Å². The Morgan fingerprint density at radius 1 is 1.22 bits per heavy atom. The number of amides is 3. The maximum Gasteiger partial charge on any atom is 0.255 e. The summed E-state index contributed by atoms with van der Waals surface area (Å²) in [6.45, 7) is 1.47. The molecule has 3 heterocycles. The summed E-state index contributed by atoms with van der Waals surface area (Å²) < 4.78 is 6.02. The van der Waals surface area contributed by atoms with Crippen molar-refractivity contribution in [2.24, 2.45) is 0 Å². The number of aliphatic hydroxyl groups excluding tert-OH is 1. The number of piperidine rings is 2. The molecule has 0 bridgehead atoms. The Balaban J connectivity index is 1.50. The van der Waals surface area contributed by atoms with E-state index in [4.69, 9.17) is 4.74 Å². The summed E-state index contributed by atoms with van der Waals surface area (Å²) >= 11 is 0. The van der Waals surface area contributed by atoms with E-state index >= 15 is 0 Å². The number of carbonyl (C=O) groups excluding carboxylic acids is 3. The zero-order valence-electron chi connectivity index (χ0n) is 15.0. The Kier molecular flexibility index (Phi) is 4.84. The molecule has 0 aromatic heterocycles. The Bertz CT molecular complexity index is 775. The topological polar surface area (TPSA) is 99.2 Å². The summed E-state index contributed by atoms with van der Waals surface area (Å²) in [6.07, 6.45) is 2.61. The van der Waals surface area contributed by atoms with Crippen LogP contribution >= 0.6 is 0 Å². The van der Waals surface area contributed by atoms with Gasteiger partial charge in [0.05, 0.1) is 0 Å². The first-order valence-electron chi connectivity index (χ1n) is 9.35. The summed E-state index contributed by atoms with van der Waals surface area (Å²) in [5, 5.41) is 12.6. The zero-order valence-corrected chi connectivity index (χ0v) is 15.0. The van der Waals surface area contributed by atoms with Crippen LogP contribution in [0.25, 0.3) is 0 Å². The fourth-order valence-corrected chi connectivity index (χ4v) is 4.02. The number of rotatable bonds is 4. The molecule has 2 saturated heterocycles. The lowest BCUT2D eigenvalue weighted by Crippen LogP contribution is -2.54. The van der Waals surface area contributed by atoms with Gasteiger partial charge in [0.2, 0.25) is 5.91 Å². The van der Waals surface area contributed by atoms with Crippen LogP contribution in [0.2, 0.25) is 0 Å². The third kappa shape index (κ3) is 3.30. The SMILES string of the molecule is O=C1CCC(N2Cc3cc(O[C@@H]4CCCNC4)ccc3C2=O)C(=O)N1CO. The largest absolute Gasteiger partial charge is 0.489 e. The standard InChI is InChI=1S/C19H23N3O5/c23-11-22-17(24)6-5-16(19(22)26)21-10-12-8-13(3-4-15(12)18(21)25)27-14-2-1-7-20-9-14/h3-4,8,14,16,20,23H,1-2,5-7,9-11H2/t14-,16?/m1/s1. The van der Waals surface area contributed by atoms with E-state index in [0.29, 0.717) is 12.1 Å². The van der Waals surface area contributed by atoms with Crippen LogP contribution in [-0.2, 0) is 16.1 Å². The third-order valence-electron chi connectivity index (χ3n) is 5.46. The van der Waals surface area contributed by atoms with E-state index in [1.165, 1.54) is 4.90 Å². The van der Waals surface area contributed by atoms with E-state index in [9.17, 15) is 19.5 Å². The number of hydrogen-bond acceptors (Lipinski definition) is 6. The van der Waals surface area contributed by atoms with Crippen molar-refractivity contribution in [3.63, 3.8) is 0 Å². The molecule has 1 unspecified atom stereocenters. The van der Waals surface area contributed by atoms with E-state index in [2.05, 4.69) is 5.32 Å². The molecule has 0 spiro atoms. The van der Waals surface area contributed by atoms with E-state index in [1.54, 1.807) is 12.1 Å². The van der Waals surface area contributed by atoms with Gasteiger partial charge < -0.3 is 20.1 Å². The average molecular weight is 373 g/mol. The van der Waals surface area contributed by atoms with E-state index in [0.717, 1.165) is 42.1 Å². The van der Waals surface area contributed by atoms with E-state index < -0.39 is 24.6 Å². The molecule has 27 heavy (non-hydrogen) atoms. The molecule has 4 rings (SSSR count). The highest BCUT2D eigenvalue weighted by molar-refractivity contribution is 6.05. The van der Waals surface area contributed by atoms with Gasteiger partial charge in [-0.05, 0) is 49.6 Å². The monoisotopic (exact) mass is 373 g/mol. The number of nitrogens with zero attached hydrogens (tertiary/aromatic N) is 2. The minimum atomic E-state index is -0.721. The van der Waals surface area contributed by atoms with Crippen LogP contribution in [0.1, 0.15) is 41.6 Å². The number of benzene rings is 1. The molecule has 2 fully saturated rings. The summed E-state index contributed by atoms with van der Waals surface area (Å²) in [6, 6.07) is 4.68. The van der Waals surface area contributed by atoms with Gasteiger partial charge >= 0.3 is 0 Å². The second-order valence-electron chi connectivity index (χ2n) is 7.19. The second-order valence-corrected chi connectivity index (χ2v) is 7.19. The van der Waals surface area contributed by atoms with Crippen LogP contribution in [0.4, 0.5) is 0 Å². The number of carbonyl (C=O) groups is 3. The fraction of sp³-hybridized carbons (Fsp3) is 0.526. The van der Waals surface area contributed by atoms with Gasteiger partial charge in [-0.3, -0.25) is 19.3 Å². The first-order valence-corrected chi connectivity index (χ1v) is 9.35. The molecule has 0 aliphatic carbocycles. The molecule has 144 valence electrons. The van der Waals surface area contributed by atoms with Crippen LogP contribution in [0.5, 0.6) is 5.75 Å². The molecule has 3 amide bonds. The molecule has 0 radical (unpaired) electrons. The number of ether oxygens (including phenoxy) is 1. The van der Waals surface area contributed by atoms with Gasteiger partial charge in [0, 0.05) is 25.1 Å². The number of fused-ring (bicyclic) bond motifs is 1. The minimum absolute atomic E-state index is 0.119. The highest BCUT2D eigenvalue weighted by Crippen LogP contribution is 2.31. The molecule has 3 aliphatic heterocycles. The van der Waals surface area contributed by atoms with Crippen molar-refractivity contribution in [1.29, 1.82) is 0 Å². The number of aliphatic hydroxyl groups is 1. The zero-order chi connectivity index (χ0) is 19.0. The maximum absolute atomic E-state index is 12.8. The van der Waals surface area contributed by atoms with Crippen molar-refractivity contribution >= 4 is 17.7 Å². The molecule has 0 saturated carbocycles. The Hall–Kier alpha value is -2.45. The average Bonchev–Trinajstić information content (AvgIpc) is 2.99. The van der Waals surface area contributed by atoms with Crippen LogP contribution in [0.3, 0.4) is 0 Å². The maximum atomic E-state index is 12.8. The summed E-state index contributed by atoms with van der Waals surface area (Å²) in [5.41, 5.74) is 1.38. The lowest BCUT2D eigenvalue weighted by atomic mass is 10.0. The number of nitrogens with one attached hydrogen (secondary N) is 1. The summed E-state index contributed by atoms with van der Waals surface area (Å²) in [5.74, 6) is -0.417. The first kappa shape index (κ1) is 17.9. The lowest BCUT2D eigenvalue weighted by Gasteiger charge is -2.34. The Morgan fingerprint density at radius 2 is 2.07 bits per heavy atom. The van der Waals surface area contributed by atoms with Crippen LogP contribution in [-0.4, -0.2) is 64.6 Å². The molecular formula is C19H23N3O5. The van der Waals surface area contributed by atoms with Crippen molar-refractivity contribution in [3.8, 4) is 5.75 Å². The van der Waals surface area contributed by atoms with Gasteiger partial charge in [0.15, 0.2) is 0 Å². The number of imide groups is 1. The first-order chi connectivity index (χ1) is 13.1. The quantitative estimate of drug-likeness (QED) is 0.734. The smallest absolute Gasteiger partial charge is 0.255 e. The van der Waals surface area contributed by atoms with Crippen molar-refractivity contribution in [1.82, 2.24) is 15.1 Å². The van der Waals surface area contributed by atoms with E-state index in [1.807, 2.05) is 6.07 Å². The molecule has 8 nitrogen and oxygen atoms in total. The Morgan fingerprint density at radius 3 is 2.81 bits per heavy atom. The number of likely N-dealkylation sites (tertiary alicyclic amines) is 1. The predicted molar refractivity (Wildman–Crippen MR) is 94.8 cm³/mol. The minimum Gasteiger partial charge on any atom is -0.489 e. The van der Waals surface area contributed by atoms with Gasteiger partial charge in [0.25, 0.3) is 11.8 Å². The van der Waals surface area contributed by atoms with Crippen molar-refractivity contribution in [3.05, 3.63) is 29.3 Å². The third-order valence-corrected chi connectivity index (χ3v) is 5.46. The van der Waals surface area contributed by atoms with Gasteiger partial charge in [-0.1, -0.05) is 0 Å². The molecule has 1 aromatic rings. The summed E-state index contributed by atoms with van der Waals surface area (Å²) in [4.78, 5) is 39.3. The summed E-state index contributed by atoms with van der Waals surface area (Å²) in [7, 11) is 0. The Labute approximate surface area is 157 Å². The highest BCUT2D eigenvalue weighted by Gasteiger charge is 2.42. The van der Waals surface area contributed by atoms with Crippen molar-refractivity contribution < 1.29 is 24.2 Å². The normalized spacial score (nSPS) is 25.7. The van der Waals surface area contributed by atoms with Crippen LogP contribution in [0, 0.1) is 0 Å². The molecule has 2 atom stereocenters. The van der Waals surface area contributed by atoms with Crippen LogP contribution in [0.15, 0.2) is 18.2 Å². The number of hydrogen-bond donors (Lipinski definition) is 2. The van der Waals surface area contributed by atoms with Gasteiger partial charge in [-0.25, -0.2) is 0 Å².